The molecule has 2 aromatic carbocycles. The number of hydrogen-bond donors (Lipinski definition) is 1. The summed E-state index contributed by atoms with van der Waals surface area (Å²) >= 11 is 15.8. The summed E-state index contributed by atoms with van der Waals surface area (Å²) < 4.78 is 6.33. The summed E-state index contributed by atoms with van der Waals surface area (Å²) in [5.74, 6) is 0.776. The Labute approximate surface area is 137 Å². The molecule has 0 fully saturated rings. The molecule has 0 spiro atoms. The fourth-order valence-electron chi connectivity index (χ4n) is 1.96. The van der Waals surface area contributed by atoms with Crippen molar-refractivity contribution < 1.29 is 4.74 Å². The van der Waals surface area contributed by atoms with Gasteiger partial charge in [0.2, 0.25) is 0 Å². The van der Waals surface area contributed by atoms with Crippen molar-refractivity contribution in [3.63, 3.8) is 0 Å². The number of ether oxygens (including phenoxy) is 1. The minimum atomic E-state index is 0.00407. The van der Waals surface area contributed by atoms with Gasteiger partial charge >= 0.3 is 0 Å². The molecule has 0 aromatic heterocycles. The van der Waals surface area contributed by atoms with Crippen LogP contribution in [0.25, 0.3) is 0 Å². The molecule has 0 heterocycles. The van der Waals surface area contributed by atoms with Crippen molar-refractivity contribution in [2.75, 3.05) is 12.4 Å². The van der Waals surface area contributed by atoms with E-state index < -0.39 is 0 Å². The number of anilines is 1. The first-order valence-electron chi connectivity index (χ1n) is 6.07. The Hall–Kier alpha value is -0.900. The summed E-state index contributed by atoms with van der Waals surface area (Å²) in [7, 11) is 1.64. The third-order valence-electron chi connectivity index (χ3n) is 2.98. The van der Waals surface area contributed by atoms with Gasteiger partial charge in [-0.25, -0.2) is 0 Å². The number of rotatable bonds is 4. The van der Waals surface area contributed by atoms with Crippen molar-refractivity contribution in [1.29, 1.82) is 0 Å². The van der Waals surface area contributed by atoms with Gasteiger partial charge in [-0.1, -0.05) is 51.3 Å². The van der Waals surface area contributed by atoms with Crippen LogP contribution in [0.15, 0.2) is 40.9 Å². The van der Waals surface area contributed by atoms with E-state index in [9.17, 15) is 0 Å². The maximum Gasteiger partial charge on any atom is 0.142 e. The molecule has 0 aliphatic rings. The van der Waals surface area contributed by atoms with Crippen LogP contribution in [0.3, 0.4) is 0 Å². The predicted molar refractivity (Wildman–Crippen MR) is 89.2 cm³/mol. The number of methoxy groups -OCH3 is 1. The van der Waals surface area contributed by atoms with Gasteiger partial charge in [-0.15, -0.1) is 0 Å². The highest BCUT2D eigenvalue weighted by Gasteiger charge is 2.13. The van der Waals surface area contributed by atoms with Crippen molar-refractivity contribution in [2.24, 2.45) is 0 Å². The van der Waals surface area contributed by atoms with Crippen LogP contribution in [0.2, 0.25) is 10.0 Å². The number of hydrogen-bond acceptors (Lipinski definition) is 2. The van der Waals surface area contributed by atoms with Crippen molar-refractivity contribution in [3.05, 3.63) is 56.5 Å². The lowest BCUT2D eigenvalue weighted by atomic mass is 10.1. The van der Waals surface area contributed by atoms with Crippen LogP contribution in [0.5, 0.6) is 5.75 Å². The summed E-state index contributed by atoms with van der Waals surface area (Å²) in [5, 5.41) is 4.52. The van der Waals surface area contributed by atoms with Crippen LogP contribution < -0.4 is 10.1 Å². The van der Waals surface area contributed by atoms with E-state index in [1.807, 2.05) is 37.3 Å². The van der Waals surface area contributed by atoms with E-state index in [2.05, 4.69) is 21.2 Å². The zero-order valence-electron chi connectivity index (χ0n) is 11.1. The van der Waals surface area contributed by atoms with Gasteiger partial charge in [0, 0.05) is 4.47 Å². The Kier molecular flexibility index (Phi) is 5.19. The van der Waals surface area contributed by atoms with Gasteiger partial charge < -0.3 is 10.1 Å². The molecule has 0 aliphatic heterocycles. The van der Waals surface area contributed by atoms with E-state index in [1.165, 1.54) is 0 Å². The van der Waals surface area contributed by atoms with E-state index in [0.717, 1.165) is 21.5 Å². The van der Waals surface area contributed by atoms with Crippen LogP contribution in [-0.4, -0.2) is 7.11 Å². The van der Waals surface area contributed by atoms with Crippen LogP contribution in [-0.2, 0) is 0 Å². The molecular formula is C15H14BrCl2NO. The summed E-state index contributed by atoms with van der Waals surface area (Å²) in [6.45, 7) is 2.03. The molecule has 0 saturated heterocycles. The fraction of sp³-hybridized carbons (Fsp3) is 0.200. The number of halogens is 3. The van der Waals surface area contributed by atoms with Crippen molar-refractivity contribution in [2.45, 2.75) is 13.0 Å². The second-order valence-corrected chi connectivity index (χ2v) is 6.05. The van der Waals surface area contributed by atoms with Gasteiger partial charge in [-0.3, -0.25) is 0 Å². The molecule has 2 aromatic rings. The average molecular weight is 375 g/mol. The molecule has 106 valence electrons. The topological polar surface area (TPSA) is 21.3 Å². The monoisotopic (exact) mass is 373 g/mol. The average Bonchev–Trinajstić information content (AvgIpc) is 2.42. The Bertz CT molecular complexity index is 619. The molecule has 0 bridgehead atoms. The summed E-state index contributed by atoms with van der Waals surface area (Å²) in [4.78, 5) is 0. The third-order valence-corrected chi connectivity index (χ3v) is 4.31. The van der Waals surface area contributed by atoms with Gasteiger partial charge in [0.05, 0.1) is 28.9 Å². The smallest absolute Gasteiger partial charge is 0.142 e. The standard InChI is InChI=1S/C15H14BrCl2NO/c1-9(11-4-3-5-12(17)15(11)18)19-13-8-10(16)6-7-14(13)20-2/h3-9,19H,1-2H3. The molecule has 2 nitrogen and oxygen atoms in total. The van der Waals surface area contributed by atoms with Crippen molar-refractivity contribution in [3.8, 4) is 5.75 Å². The molecule has 20 heavy (non-hydrogen) atoms. The highest BCUT2D eigenvalue weighted by Crippen LogP contribution is 2.34. The molecule has 1 atom stereocenters. The minimum absolute atomic E-state index is 0.00407. The summed E-state index contributed by atoms with van der Waals surface area (Å²) in [5.41, 5.74) is 1.84. The first-order valence-corrected chi connectivity index (χ1v) is 7.61. The summed E-state index contributed by atoms with van der Waals surface area (Å²) in [6, 6.07) is 11.4. The Morgan fingerprint density at radius 2 is 1.95 bits per heavy atom. The number of nitrogens with one attached hydrogen (secondary N) is 1. The minimum Gasteiger partial charge on any atom is -0.495 e. The number of benzene rings is 2. The van der Waals surface area contributed by atoms with Gasteiger partial charge in [-0.2, -0.15) is 0 Å². The SMILES string of the molecule is COc1ccc(Br)cc1NC(C)c1cccc(Cl)c1Cl. The van der Waals surface area contributed by atoms with E-state index in [-0.39, 0.29) is 6.04 Å². The lowest BCUT2D eigenvalue weighted by Gasteiger charge is -2.19. The third kappa shape index (κ3) is 3.40. The molecule has 0 radical (unpaired) electrons. The molecule has 5 heteroatoms. The van der Waals surface area contributed by atoms with Crippen LogP contribution in [0, 0.1) is 0 Å². The van der Waals surface area contributed by atoms with E-state index in [0.29, 0.717) is 10.0 Å². The summed E-state index contributed by atoms with van der Waals surface area (Å²) in [6.07, 6.45) is 0. The molecule has 1 N–H and O–H groups in total. The molecule has 0 amide bonds. The molecular weight excluding hydrogens is 361 g/mol. The normalized spacial score (nSPS) is 12.1. The van der Waals surface area contributed by atoms with Gasteiger partial charge in [0.25, 0.3) is 0 Å². The van der Waals surface area contributed by atoms with E-state index in [1.54, 1.807) is 13.2 Å². The Morgan fingerprint density at radius 3 is 2.65 bits per heavy atom. The maximum atomic E-state index is 6.25. The second kappa shape index (κ2) is 6.70. The Morgan fingerprint density at radius 1 is 1.20 bits per heavy atom. The van der Waals surface area contributed by atoms with Crippen molar-refractivity contribution in [1.82, 2.24) is 0 Å². The van der Waals surface area contributed by atoms with E-state index >= 15 is 0 Å². The quantitative estimate of drug-likeness (QED) is 0.715. The molecule has 1 unspecified atom stereocenters. The van der Waals surface area contributed by atoms with Gasteiger partial charge in [-0.05, 0) is 36.8 Å². The molecule has 0 saturated carbocycles. The van der Waals surface area contributed by atoms with Crippen molar-refractivity contribution >= 4 is 44.8 Å². The lowest BCUT2D eigenvalue weighted by Crippen LogP contribution is -2.08. The second-order valence-electron chi connectivity index (χ2n) is 4.35. The predicted octanol–water partition coefficient (Wildman–Crippen LogP) is 5.94. The molecule has 2 rings (SSSR count). The highest BCUT2D eigenvalue weighted by molar-refractivity contribution is 9.10. The fourth-order valence-corrected chi connectivity index (χ4v) is 2.79. The lowest BCUT2D eigenvalue weighted by molar-refractivity contribution is 0.416. The Balaban J connectivity index is 2.30. The highest BCUT2D eigenvalue weighted by atomic mass is 79.9. The maximum absolute atomic E-state index is 6.25. The van der Waals surface area contributed by atoms with Gasteiger partial charge in [0.1, 0.15) is 5.75 Å². The zero-order valence-corrected chi connectivity index (χ0v) is 14.2. The van der Waals surface area contributed by atoms with E-state index in [4.69, 9.17) is 27.9 Å². The molecule has 0 aliphatic carbocycles. The largest absolute Gasteiger partial charge is 0.495 e. The first kappa shape index (κ1) is 15.5. The van der Waals surface area contributed by atoms with Gasteiger partial charge in [0.15, 0.2) is 0 Å². The van der Waals surface area contributed by atoms with Crippen LogP contribution in [0.1, 0.15) is 18.5 Å². The van der Waals surface area contributed by atoms with Crippen LogP contribution >= 0.6 is 39.1 Å². The van der Waals surface area contributed by atoms with Crippen LogP contribution in [0.4, 0.5) is 5.69 Å². The zero-order chi connectivity index (χ0) is 14.7. The first-order chi connectivity index (χ1) is 9.52.